The molecule has 0 fully saturated rings. The summed E-state index contributed by atoms with van der Waals surface area (Å²) in [6.07, 6.45) is 0.979. The van der Waals surface area contributed by atoms with Crippen molar-refractivity contribution in [3.05, 3.63) is 23.8 Å². The monoisotopic (exact) mass is 246 g/mol. The Kier molecular flexibility index (Phi) is 7.91. The standard InChI is InChI=1S/C7H12O4.C4H6O2/c1-3-7(10,11)4-5(2)6(8)9;1-3(2)4(5)6/h4,10-11H,3H2,1-2H3,(H,8,9);1H2,2H3,(H,5,6). The minimum atomic E-state index is -2.00. The molecule has 4 N–H and O–H groups in total. The van der Waals surface area contributed by atoms with E-state index in [1.807, 2.05) is 0 Å². The van der Waals surface area contributed by atoms with Gasteiger partial charge in [0.15, 0.2) is 5.79 Å². The van der Waals surface area contributed by atoms with E-state index in [1.54, 1.807) is 6.92 Å². The predicted molar refractivity (Wildman–Crippen MR) is 61.3 cm³/mol. The molecule has 0 radical (unpaired) electrons. The number of carbonyl (C=O) groups is 2. The highest BCUT2D eigenvalue weighted by atomic mass is 16.5. The van der Waals surface area contributed by atoms with Crippen LogP contribution >= 0.6 is 0 Å². The highest BCUT2D eigenvalue weighted by Crippen LogP contribution is 2.09. The van der Waals surface area contributed by atoms with Gasteiger partial charge in [-0.25, -0.2) is 9.59 Å². The van der Waals surface area contributed by atoms with Crippen molar-refractivity contribution in [1.82, 2.24) is 0 Å². The van der Waals surface area contributed by atoms with Crippen LogP contribution in [0.3, 0.4) is 0 Å². The smallest absolute Gasteiger partial charge is 0.331 e. The number of rotatable bonds is 4. The van der Waals surface area contributed by atoms with Crippen LogP contribution < -0.4 is 0 Å². The average Bonchev–Trinajstić information content (AvgIpc) is 2.17. The van der Waals surface area contributed by atoms with E-state index in [2.05, 4.69) is 6.58 Å². The van der Waals surface area contributed by atoms with Gasteiger partial charge in [0.25, 0.3) is 0 Å². The predicted octanol–water partition coefficient (Wildman–Crippen LogP) is 0.755. The highest BCUT2D eigenvalue weighted by molar-refractivity contribution is 5.86. The Morgan fingerprint density at radius 2 is 1.53 bits per heavy atom. The Labute approximate surface area is 99.5 Å². The van der Waals surface area contributed by atoms with Gasteiger partial charge in [-0.05, 0) is 19.9 Å². The van der Waals surface area contributed by atoms with E-state index in [-0.39, 0.29) is 17.6 Å². The first-order chi connectivity index (χ1) is 7.53. The summed E-state index contributed by atoms with van der Waals surface area (Å²) in [7, 11) is 0. The van der Waals surface area contributed by atoms with E-state index < -0.39 is 17.7 Å². The van der Waals surface area contributed by atoms with Gasteiger partial charge >= 0.3 is 11.9 Å². The lowest BCUT2D eigenvalue weighted by atomic mass is 10.1. The van der Waals surface area contributed by atoms with E-state index in [9.17, 15) is 9.59 Å². The Balaban J connectivity index is 0. The minimum Gasteiger partial charge on any atom is -0.478 e. The van der Waals surface area contributed by atoms with Crippen LogP contribution in [0.5, 0.6) is 0 Å². The van der Waals surface area contributed by atoms with E-state index in [0.29, 0.717) is 0 Å². The maximum atomic E-state index is 10.2. The third-order valence-electron chi connectivity index (χ3n) is 1.67. The van der Waals surface area contributed by atoms with Gasteiger partial charge in [-0.3, -0.25) is 0 Å². The van der Waals surface area contributed by atoms with Gasteiger partial charge in [0.05, 0.1) is 0 Å². The largest absolute Gasteiger partial charge is 0.478 e. The number of carboxylic acid groups (broad SMARTS) is 2. The van der Waals surface area contributed by atoms with Crippen molar-refractivity contribution in [2.75, 3.05) is 0 Å². The maximum Gasteiger partial charge on any atom is 0.331 e. The van der Waals surface area contributed by atoms with Crippen LogP contribution in [0.2, 0.25) is 0 Å². The quantitative estimate of drug-likeness (QED) is 0.430. The first-order valence-corrected chi connectivity index (χ1v) is 4.79. The SMILES string of the molecule is C=C(C)C(=O)O.CCC(O)(O)C=C(C)C(=O)O. The second-order valence-electron chi connectivity index (χ2n) is 3.45. The molecule has 98 valence electrons. The molecule has 0 unspecified atom stereocenters. The van der Waals surface area contributed by atoms with Crippen LogP contribution in [0.25, 0.3) is 0 Å². The van der Waals surface area contributed by atoms with Crippen LogP contribution in [0.15, 0.2) is 23.8 Å². The van der Waals surface area contributed by atoms with Crippen LogP contribution in [0.4, 0.5) is 0 Å². The summed E-state index contributed by atoms with van der Waals surface area (Å²) >= 11 is 0. The average molecular weight is 246 g/mol. The van der Waals surface area contributed by atoms with E-state index in [4.69, 9.17) is 20.4 Å². The van der Waals surface area contributed by atoms with Crippen molar-refractivity contribution in [1.29, 1.82) is 0 Å². The van der Waals surface area contributed by atoms with Gasteiger partial charge in [-0.1, -0.05) is 13.5 Å². The van der Waals surface area contributed by atoms with E-state index >= 15 is 0 Å². The highest BCUT2D eigenvalue weighted by Gasteiger charge is 2.18. The summed E-state index contributed by atoms with van der Waals surface area (Å²) in [6, 6.07) is 0. The van der Waals surface area contributed by atoms with E-state index in [0.717, 1.165) is 6.08 Å². The molecule has 0 spiro atoms. The molecule has 6 heteroatoms. The number of aliphatic carboxylic acids is 2. The lowest BCUT2D eigenvalue weighted by Crippen LogP contribution is -2.24. The number of carboxylic acids is 2. The molecule has 0 aliphatic heterocycles. The normalized spacial score (nSPS) is 11.2. The lowest BCUT2D eigenvalue weighted by Gasteiger charge is -2.14. The topological polar surface area (TPSA) is 115 Å². The molecule has 17 heavy (non-hydrogen) atoms. The molecule has 0 heterocycles. The van der Waals surface area contributed by atoms with Crippen LogP contribution in [-0.4, -0.2) is 38.2 Å². The zero-order chi connectivity index (χ0) is 14.2. The van der Waals surface area contributed by atoms with Crippen molar-refractivity contribution >= 4 is 11.9 Å². The number of aliphatic hydroxyl groups is 2. The molecular weight excluding hydrogens is 228 g/mol. The molecule has 6 nitrogen and oxygen atoms in total. The van der Waals surface area contributed by atoms with Gasteiger partial charge < -0.3 is 20.4 Å². The molecule has 0 saturated heterocycles. The molecule has 0 aliphatic carbocycles. The third-order valence-corrected chi connectivity index (χ3v) is 1.67. The van der Waals surface area contributed by atoms with Crippen molar-refractivity contribution in [2.24, 2.45) is 0 Å². The zero-order valence-corrected chi connectivity index (χ0v) is 10.1. The minimum absolute atomic E-state index is 0.0671. The fraction of sp³-hybridized carbons (Fsp3) is 0.455. The van der Waals surface area contributed by atoms with Gasteiger partial charge in [0.2, 0.25) is 0 Å². The summed E-state index contributed by atoms with van der Waals surface area (Å²) < 4.78 is 0. The summed E-state index contributed by atoms with van der Waals surface area (Å²) in [5, 5.41) is 34.2. The van der Waals surface area contributed by atoms with Crippen LogP contribution in [0, 0.1) is 0 Å². The fourth-order valence-corrected chi connectivity index (χ4v) is 0.511. The van der Waals surface area contributed by atoms with Crippen molar-refractivity contribution in [2.45, 2.75) is 33.0 Å². The molecule has 0 saturated carbocycles. The zero-order valence-electron chi connectivity index (χ0n) is 10.1. The maximum absolute atomic E-state index is 10.2. The Morgan fingerprint density at radius 3 is 1.71 bits per heavy atom. The van der Waals surface area contributed by atoms with Gasteiger partial charge in [0, 0.05) is 17.6 Å². The summed E-state index contributed by atoms with van der Waals surface area (Å²) in [5.41, 5.74) is 0.104. The molecule has 0 bridgehead atoms. The Morgan fingerprint density at radius 1 is 1.18 bits per heavy atom. The second kappa shape index (κ2) is 7.59. The molecule has 0 aromatic rings. The molecule has 0 aliphatic rings. The third kappa shape index (κ3) is 10.6. The Hall–Kier alpha value is -1.66. The molecule has 0 atom stereocenters. The van der Waals surface area contributed by atoms with Gasteiger partial charge in [0.1, 0.15) is 0 Å². The van der Waals surface area contributed by atoms with Crippen molar-refractivity contribution < 1.29 is 30.0 Å². The van der Waals surface area contributed by atoms with Crippen LogP contribution in [-0.2, 0) is 9.59 Å². The summed E-state index contributed by atoms with van der Waals surface area (Å²) in [4.78, 5) is 19.8. The molecular formula is C11H18O6. The van der Waals surface area contributed by atoms with Crippen molar-refractivity contribution in [3.8, 4) is 0 Å². The van der Waals surface area contributed by atoms with Gasteiger partial charge in [-0.15, -0.1) is 0 Å². The van der Waals surface area contributed by atoms with Gasteiger partial charge in [-0.2, -0.15) is 0 Å². The van der Waals surface area contributed by atoms with Crippen molar-refractivity contribution in [3.63, 3.8) is 0 Å². The summed E-state index contributed by atoms with van der Waals surface area (Å²) in [5.74, 6) is -4.08. The lowest BCUT2D eigenvalue weighted by molar-refractivity contribution is -0.135. The molecule has 0 amide bonds. The Bertz CT molecular complexity index is 315. The van der Waals surface area contributed by atoms with E-state index in [1.165, 1.54) is 13.8 Å². The first kappa shape index (κ1) is 17.7. The fourth-order valence-electron chi connectivity index (χ4n) is 0.511. The number of hydrogen-bond acceptors (Lipinski definition) is 4. The molecule has 0 aromatic heterocycles. The number of hydrogen-bond donors (Lipinski definition) is 4. The summed E-state index contributed by atoms with van der Waals surface area (Å²) in [6.45, 7) is 7.45. The van der Waals surface area contributed by atoms with Crippen LogP contribution in [0.1, 0.15) is 27.2 Å². The first-order valence-electron chi connectivity index (χ1n) is 4.79. The second-order valence-corrected chi connectivity index (χ2v) is 3.45. The molecule has 0 aromatic carbocycles. The molecule has 0 rings (SSSR count).